The molecule has 0 amide bonds. The number of rotatable bonds is 5. The monoisotopic (exact) mass is 260 g/mol. The molecule has 0 aromatic carbocycles. The molecule has 82 valence electrons. The molecule has 0 atom stereocenters. The normalized spacial score (nSPS) is 9.40. The van der Waals surface area contributed by atoms with Crippen LogP contribution in [0.15, 0.2) is 0 Å². The molecule has 0 spiro atoms. The van der Waals surface area contributed by atoms with Crippen molar-refractivity contribution in [3.63, 3.8) is 0 Å². The average Bonchev–Trinajstić information content (AvgIpc) is 1.82. The quantitative estimate of drug-likeness (QED) is 0.385. The zero-order valence-corrected chi connectivity index (χ0v) is 6.43. The number of carbonyl (C=O) groups is 3. The molecular weight excluding hydrogens is 248 g/mol. The molecule has 7 nitrogen and oxygen atoms in total. The maximum Gasteiger partial charge on any atom is 0.316 e. The fourth-order valence-electron chi connectivity index (χ4n) is 0.714. The van der Waals surface area contributed by atoms with Crippen LogP contribution in [0.1, 0.15) is 12.8 Å². The molecule has 0 aliphatic heterocycles. The van der Waals surface area contributed by atoms with Gasteiger partial charge in [-0.05, 0) is 0 Å². The Morgan fingerprint density at radius 2 is 1.20 bits per heavy atom. The van der Waals surface area contributed by atoms with Crippen molar-refractivity contribution in [1.82, 2.24) is 0 Å². The molecule has 0 heterocycles. The summed E-state index contributed by atoms with van der Waals surface area (Å²) in [4.78, 5) is 30.5. The number of hydrogen-bond acceptors (Lipinski definition) is 4. The maximum absolute atomic E-state index is 10.3. The van der Waals surface area contributed by atoms with E-state index in [1.165, 1.54) is 0 Å². The molecule has 0 bridgehead atoms. The van der Waals surface area contributed by atoms with Gasteiger partial charge in [0.2, 0.25) is 0 Å². The molecule has 9 heteroatoms. The van der Waals surface area contributed by atoms with Gasteiger partial charge in [0.15, 0.2) is 5.60 Å². The Labute approximate surface area is 131 Å². The summed E-state index contributed by atoms with van der Waals surface area (Å²) in [6.07, 6.45) is -2.29. The zero-order valence-electron chi connectivity index (χ0n) is 6.43. The molecule has 4 N–H and O–H groups in total. The first-order chi connectivity index (χ1) is 5.78. The van der Waals surface area contributed by atoms with Gasteiger partial charge in [-0.25, -0.2) is 4.79 Å². The van der Waals surface area contributed by atoms with Gasteiger partial charge >= 0.3 is 78.7 Å². The predicted octanol–water partition coefficient (Wildman–Crippen LogP) is -3.08. The van der Waals surface area contributed by atoms with Gasteiger partial charge in [0.25, 0.3) is 0 Å². The molecule has 0 rings (SSSR count). The number of carboxylic acids is 3. The van der Waals surface area contributed by atoms with Crippen LogP contribution >= 0.6 is 0 Å². The van der Waals surface area contributed by atoms with Crippen LogP contribution in [0.5, 0.6) is 0 Å². The number of aliphatic hydroxyl groups is 1. The summed E-state index contributed by atoms with van der Waals surface area (Å²) >= 11 is 0. The van der Waals surface area contributed by atoms with Crippen molar-refractivity contribution in [2.45, 2.75) is 18.4 Å². The van der Waals surface area contributed by atoms with Gasteiger partial charge < -0.3 is 20.4 Å². The Balaban J connectivity index is -0.000000720. The van der Waals surface area contributed by atoms with Crippen LogP contribution in [-0.2, 0) is 14.4 Å². The second kappa shape index (κ2) is 8.54. The standard InChI is InChI=1S/C6H8O7.Ca.Mg.4H/c7-3(8)1-6(13,5(11)12)2-4(9)10;;;;;;/h13H,1-2H2,(H,7,8)(H,9,10)(H,11,12);;;;;;. The molecule has 0 unspecified atom stereocenters. The third-order valence-electron chi connectivity index (χ3n) is 1.29. The molecule has 0 saturated carbocycles. The first kappa shape index (κ1) is 20.8. The molecule has 0 aliphatic rings. The van der Waals surface area contributed by atoms with Crippen molar-refractivity contribution in [1.29, 1.82) is 0 Å². The van der Waals surface area contributed by atoms with E-state index in [-0.39, 0.29) is 60.8 Å². The SMILES string of the molecule is O=C(O)CC(O)(CC(=O)O)C(=O)O.[CaH2].[MgH2]. The average molecular weight is 261 g/mol. The van der Waals surface area contributed by atoms with Crippen molar-refractivity contribution in [2.75, 3.05) is 0 Å². The minimum atomic E-state index is -2.74. The Hall–Kier alpha value is 0.396. The van der Waals surface area contributed by atoms with Gasteiger partial charge in [0.05, 0.1) is 12.8 Å². The van der Waals surface area contributed by atoms with Crippen LogP contribution in [0.25, 0.3) is 0 Å². The molecule has 0 saturated heterocycles. The Kier molecular flexibility index (Phi) is 11.8. The molecule has 15 heavy (non-hydrogen) atoms. The number of aliphatic carboxylic acids is 3. The van der Waals surface area contributed by atoms with Gasteiger partial charge in [-0.15, -0.1) is 0 Å². The molecule has 0 aromatic heterocycles. The summed E-state index contributed by atoms with van der Waals surface area (Å²) in [5.74, 6) is -5.02. The maximum atomic E-state index is 10.3. The number of carboxylic acid groups (broad SMARTS) is 3. The van der Waals surface area contributed by atoms with Gasteiger partial charge in [-0.1, -0.05) is 0 Å². The zero-order chi connectivity index (χ0) is 10.6. The van der Waals surface area contributed by atoms with E-state index in [0.29, 0.717) is 0 Å². The smallest absolute Gasteiger partial charge is 0.316 e. The van der Waals surface area contributed by atoms with Crippen LogP contribution in [0, 0.1) is 0 Å². The van der Waals surface area contributed by atoms with E-state index in [0.717, 1.165) is 0 Å². The van der Waals surface area contributed by atoms with E-state index in [1.807, 2.05) is 0 Å². The molecular formula is C6H12CaMgO7. The topological polar surface area (TPSA) is 132 Å². The van der Waals surface area contributed by atoms with Crippen molar-refractivity contribution >= 4 is 78.7 Å². The molecule has 0 radical (unpaired) electrons. The van der Waals surface area contributed by atoms with Crippen molar-refractivity contribution in [2.24, 2.45) is 0 Å². The van der Waals surface area contributed by atoms with Gasteiger partial charge in [-0.3, -0.25) is 9.59 Å². The van der Waals surface area contributed by atoms with E-state index < -0.39 is 36.4 Å². The predicted molar refractivity (Wildman–Crippen MR) is 54.2 cm³/mol. The first-order valence-electron chi connectivity index (χ1n) is 3.17. The van der Waals surface area contributed by atoms with Crippen LogP contribution in [-0.4, -0.2) is 105 Å². The van der Waals surface area contributed by atoms with Gasteiger partial charge in [0.1, 0.15) is 0 Å². The van der Waals surface area contributed by atoms with E-state index in [4.69, 9.17) is 20.4 Å². The summed E-state index contributed by atoms with van der Waals surface area (Å²) in [5, 5.41) is 33.8. The third kappa shape index (κ3) is 8.23. The summed E-state index contributed by atoms with van der Waals surface area (Å²) in [7, 11) is 0. The fraction of sp³-hybridized carbons (Fsp3) is 0.500. The van der Waals surface area contributed by atoms with Crippen LogP contribution in [0.4, 0.5) is 0 Å². The van der Waals surface area contributed by atoms with Gasteiger partial charge in [0, 0.05) is 0 Å². The minimum absolute atomic E-state index is 0. The second-order valence-electron chi connectivity index (χ2n) is 2.48. The number of hydrogen-bond donors (Lipinski definition) is 4. The summed E-state index contributed by atoms with van der Waals surface area (Å²) in [5.41, 5.74) is -2.74. The first-order valence-corrected chi connectivity index (χ1v) is 3.17. The van der Waals surface area contributed by atoms with Crippen LogP contribution < -0.4 is 0 Å². The molecule has 0 fully saturated rings. The Bertz CT molecular complexity index is 238. The fourth-order valence-corrected chi connectivity index (χ4v) is 0.714. The van der Waals surface area contributed by atoms with E-state index >= 15 is 0 Å². The summed E-state index contributed by atoms with van der Waals surface area (Å²) in [6, 6.07) is 0. The summed E-state index contributed by atoms with van der Waals surface area (Å²) < 4.78 is 0. The minimum Gasteiger partial charge on any atom is 0.316 e. The van der Waals surface area contributed by atoms with E-state index in [2.05, 4.69) is 0 Å². The second-order valence-corrected chi connectivity index (χ2v) is 2.48. The van der Waals surface area contributed by atoms with Crippen LogP contribution in [0.3, 0.4) is 0 Å². The van der Waals surface area contributed by atoms with E-state index in [9.17, 15) is 14.4 Å². The largest absolute Gasteiger partial charge is 0.316 e. The van der Waals surface area contributed by atoms with E-state index in [1.54, 1.807) is 0 Å². The van der Waals surface area contributed by atoms with Gasteiger partial charge in [-0.2, -0.15) is 0 Å². The molecule has 0 aliphatic carbocycles. The Morgan fingerprint density at radius 1 is 0.933 bits per heavy atom. The Morgan fingerprint density at radius 3 is 1.33 bits per heavy atom. The van der Waals surface area contributed by atoms with Crippen molar-refractivity contribution in [3.05, 3.63) is 0 Å². The van der Waals surface area contributed by atoms with Crippen LogP contribution in [0.2, 0.25) is 0 Å². The molecule has 0 aromatic rings. The third-order valence-corrected chi connectivity index (χ3v) is 1.29. The van der Waals surface area contributed by atoms with Crippen molar-refractivity contribution in [3.8, 4) is 0 Å². The van der Waals surface area contributed by atoms with Crippen molar-refractivity contribution < 1.29 is 34.8 Å². The summed E-state index contributed by atoms with van der Waals surface area (Å²) in [6.45, 7) is 0.